The highest BCUT2D eigenvalue weighted by atomic mass is 19.1. The van der Waals surface area contributed by atoms with Gasteiger partial charge in [-0.1, -0.05) is 63.6 Å². The third-order valence-electron chi connectivity index (χ3n) is 6.74. The Morgan fingerprint density at radius 1 is 1.05 bits per heavy atom. The highest BCUT2D eigenvalue weighted by Crippen LogP contribution is 2.29. The van der Waals surface area contributed by atoms with Crippen LogP contribution in [-0.4, -0.2) is 34.7 Å². The molecule has 0 aliphatic rings. The maximum Gasteiger partial charge on any atom is 0.333 e. The van der Waals surface area contributed by atoms with Gasteiger partial charge in [-0.15, -0.1) is 10.2 Å². The van der Waals surface area contributed by atoms with E-state index in [0.29, 0.717) is 18.1 Å². The molecule has 3 aromatic heterocycles. The molecule has 0 unspecified atom stereocenters. The molecule has 0 bridgehead atoms. The minimum atomic E-state index is -0.392. The molecule has 0 amide bonds. The van der Waals surface area contributed by atoms with Gasteiger partial charge in [-0.25, -0.2) is 9.18 Å². The molecule has 1 N–H and O–H groups in total. The van der Waals surface area contributed by atoms with E-state index in [4.69, 9.17) is 0 Å². The Kier molecular flexibility index (Phi) is 7.26. The van der Waals surface area contributed by atoms with Crippen LogP contribution in [0.3, 0.4) is 0 Å². The van der Waals surface area contributed by atoms with Gasteiger partial charge in [-0.05, 0) is 58.4 Å². The van der Waals surface area contributed by atoms with E-state index in [-0.39, 0.29) is 11.6 Å². The molecular weight excluding hydrogens is 481 g/mol. The summed E-state index contributed by atoms with van der Waals surface area (Å²) in [6.07, 6.45) is 7.93. The quantitative estimate of drug-likeness (QED) is 0.281. The van der Waals surface area contributed by atoms with Crippen LogP contribution in [0.1, 0.15) is 56.4 Å². The molecule has 0 radical (unpaired) electrons. The van der Waals surface area contributed by atoms with Crippen molar-refractivity contribution < 1.29 is 4.39 Å². The van der Waals surface area contributed by atoms with Gasteiger partial charge >= 0.3 is 5.69 Å². The molecule has 5 aromatic rings. The SMILES string of the molecule is CCCCc1cn(-c2c(F)cccc2C(C)C)c(=O)n1Cc1ccc(-c2ccncc2-c2nn[nH]n2)cc1. The summed E-state index contributed by atoms with van der Waals surface area (Å²) >= 11 is 0. The molecule has 0 spiro atoms. The van der Waals surface area contributed by atoms with E-state index in [1.165, 1.54) is 10.6 Å². The minimum Gasteiger partial charge on any atom is -0.292 e. The Labute approximate surface area is 220 Å². The molecule has 0 saturated heterocycles. The maximum absolute atomic E-state index is 15.0. The number of nitrogens with one attached hydrogen (secondary N) is 1. The van der Waals surface area contributed by atoms with Gasteiger partial charge in [0.05, 0.1) is 12.2 Å². The highest BCUT2D eigenvalue weighted by molar-refractivity contribution is 5.79. The fourth-order valence-corrected chi connectivity index (χ4v) is 4.74. The third kappa shape index (κ3) is 4.91. The van der Waals surface area contributed by atoms with Crippen LogP contribution < -0.4 is 5.69 Å². The number of tetrazole rings is 1. The van der Waals surface area contributed by atoms with Crippen molar-refractivity contribution >= 4 is 0 Å². The standard InChI is InChI=1S/C29H30FN7O/c1-4-5-7-22-18-37(27-23(19(2)3)8-6-9-26(27)30)29(38)36(22)17-20-10-12-21(13-11-20)24-14-15-31-16-25(24)28-32-34-35-33-28/h6,8-16,18-19H,4-5,7,17H2,1-3H3,(H,32,33,34,35). The normalized spacial score (nSPS) is 11.4. The first-order chi connectivity index (χ1) is 18.5. The maximum atomic E-state index is 15.0. The summed E-state index contributed by atoms with van der Waals surface area (Å²) in [6, 6.07) is 14.9. The molecule has 9 heteroatoms. The van der Waals surface area contributed by atoms with Gasteiger partial charge in [-0.3, -0.25) is 14.1 Å². The second kappa shape index (κ2) is 10.9. The topological polar surface area (TPSA) is 94.3 Å². The van der Waals surface area contributed by atoms with Crippen LogP contribution >= 0.6 is 0 Å². The first-order valence-electron chi connectivity index (χ1n) is 12.8. The number of imidazole rings is 1. The lowest BCUT2D eigenvalue weighted by atomic mass is 10.00. The van der Waals surface area contributed by atoms with Crippen molar-refractivity contribution in [2.75, 3.05) is 0 Å². The van der Waals surface area contributed by atoms with E-state index in [2.05, 4.69) is 32.5 Å². The Hall–Kier alpha value is -4.40. The largest absolute Gasteiger partial charge is 0.333 e. The summed E-state index contributed by atoms with van der Waals surface area (Å²) in [6.45, 7) is 6.53. The smallest absolute Gasteiger partial charge is 0.292 e. The molecule has 0 aliphatic carbocycles. The van der Waals surface area contributed by atoms with Crippen LogP contribution in [0.2, 0.25) is 0 Å². The van der Waals surface area contributed by atoms with Gasteiger partial charge in [0.15, 0.2) is 0 Å². The molecular formula is C29H30FN7O. The number of hydrogen-bond donors (Lipinski definition) is 1. The number of para-hydroxylation sites is 1. The summed E-state index contributed by atoms with van der Waals surface area (Å²) in [5.41, 5.74) is 5.46. The number of aryl methyl sites for hydroxylation is 1. The van der Waals surface area contributed by atoms with E-state index in [9.17, 15) is 4.79 Å². The van der Waals surface area contributed by atoms with Gasteiger partial charge in [-0.2, -0.15) is 5.21 Å². The monoisotopic (exact) mass is 511 g/mol. The van der Waals surface area contributed by atoms with Gasteiger partial charge in [0.1, 0.15) is 5.82 Å². The molecule has 3 heterocycles. The molecule has 0 aliphatic heterocycles. The number of aromatic amines is 1. The zero-order valence-electron chi connectivity index (χ0n) is 21.7. The number of hydrogen-bond acceptors (Lipinski definition) is 5. The molecule has 0 saturated carbocycles. The van der Waals surface area contributed by atoms with Crippen molar-refractivity contribution in [3.05, 3.63) is 100 Å². The van der Waals surface area contributed by atoms with E-state index in [0.717, 1.165) is 52.8 Å². The summed E-state index contributed by atoms with van der Waals surface area (Å²) in [7, 11) is 0. The molecule has 8 nitrogen and oxygen atoms in total. The van der Waals surface area contributed by atoms with Crippen molar-refractivity contribution in [1.29, 1.82) is 0 Å². The number of halogens is 1. The Morgan fingerprint density at radius 3 is 2.58 bits per heavy atom. The van der Waals surface area contributed by atoms with Gasteiger partial charge < -0.3 is 0 Å². The average Bonchev–Trinajstić information content (AvgIpc) is 3.57. The van der Waals surface area contributed by atoms with Crippen LogP contribution in [0.5, 0.6) is 0 Å². The molecule has 5 rings (SSSR count). The van der Waals surface area contributed by atoms with Crippen molar-refractivity contribution in [1.82, 2.24) is 34.7 Å². The molecule has 0 atom stereocenters. The number of rotatable bonds is 9. The first-order valence-corrected chi connectivity index (χ1v) is 12.8. The van der Waals surface area contributed by atoms with Crippen molar-refractivity contribution in [3.63, 3.8) is 0 Å². The number of aromatic nitrogens is 7. The van der Waals surface area contributed by atoms with Crippen LogP contribution in [0, 0.1) is 5.82 Å². The van der Waals surface area contributed by atoms with Crippen molar-refractivity contribution in [3.8, 4) is 28.2 Å². The number of benzene rings is 2. The van der Waals surface area contributed by atoms with Gasteiger partial charge in [0, 0.05) is 29.8 Å². The zero-order chi connectivity index (χ0) is 26.6. The zero-order valence-corrected chi connectivity index (χ0v) is 21.7. The Morgan fingerprint density at radius 2 is 1.87 bits per heavy atom. The number of H-pyrrole nitrogens is 1. The van der Waals surface area contributed by atoms with Crippen LogP contribution in [-0.2, 0) is 13.0 Å². The summed E-state index contributed by atoms with van der Waals surface area (Å²) in [5, 5.41) is 14.3. The van der Waals surface area contributed by atoms with Crippen LogP contribution in [0.15, 0.2) is 71.9 Å². The van der Waals surface area contributed by atoms with E-state index < -0.39 is 5.82 Å². The van der Waals surface area contributed by atoms with Crippen molar-refractivity contribution in [2.45, 2.75) is 52.5 Å². The second-order valence-corrected chi connectivity index (χ2v) is 9.65. The van der Waals surface area contributed by atoms with Gasteiger partial charge in [0.25, 0.3) is 0 Å². The number of nitrogens with zero attached hydrogens (tertiary/aromatic N) is 6. The van der Waals surface area contributed by atoms with Crippen LogP contribution in [0.4, 0.5) is 4.39 Å². The van der Waals surface area contributed by atoms with Crippen LogP contribution in [0.25, 0.3) is 28.2 Å². The summed E-state index contributed by atoms with van der Waals surface area (Å²) in [5.74, 6) is 0.157. The number of pyridine rings is 1. The predicted molar refractivity (Wildman–Crippen MR) is 145 cm³/mol. The minimum absolute atomic E-state index is 0.0770. The molecule has 38 heavy (non-hydrogen) atoms. The van der Waals surface area contributed by atoms with E-state index in [1.807, 2.05) is 56.4 Å². The summed E-state index contributed by atoms with van der Waals surface area (Å²) < 4.78 is 18.3. The third-order valence-corrected chi connectivity index (χ3v) is 6.74. The van der Waals surface area contributed by atoms with Gasteiger partial charge in [0.2, 0.25) is 5.82 Å². The lowest BCUT2D eigenvalue weighted by Gasteiger charge is -2.13. The fraction of sp³-hybridized carbons (Fsp3) is 0.276. The first kappa shape index (κ1) is 25.3. The highest BCUT2D eigenvalue weighted by Gasteiger charge is 2.20. The molecule has 0 fully saturated rings. The van der Waals surface area contributed by atoms with E-state index >= 15 is 4.39 Å². The lowest BCUT2D eigenvalue weighted by Crippen LogP contribution is -2.26. The van der Waals surface area contributed by atoms with E-state index in [1.54, 1.807) is 23.0 Å². The molecule has 2 aromatic carbocycles. The summed E-state index contributed by atoms with van der Waals surface area (Å²) in [4.78, 5) is 17.9. The molecule has 194 valence electrons. The Bertz CT molecular complexity index is 1580. The fourth-order valence-electron chi connectivity index (χ4n) is 4.74. The average molecular weight is 512 g/mol. The lowest BCUT2D eigenvalue weighted by molar-refractivity contribution is 0.606. The number of unbranched alkanes of at least 4 members (excludes halogenated alkanes) is 1. The second-order valence-electron chi connectivity index (χ2n) is 9.65. The van der Waals surface area contributed by atoms with Crippen molar-refractivity contribution in [2.24, 2.45) is 0 Å². The Balaban J connectivity index is 1.51. The predicted octanol–water partition coefficient (Wildman–Crippen LogP) is 5.53.